The van der Waals surface area contributed by atoms with Crippen LogP contribution in [-0.4, -0.2) is 29.5 Å². The van der Waals surface area contributed by atoms with Gasteiger partial charge in [-0.05, 0) is 44.5 Å². The zero-order valence-electron chi connectivity index (χ0n) is 12.8. The quantitative estimate of drug-likeness (QED) is 0.662. The van der Waals surface area contributed by atoms with E-state index in [1.54, 1.807) is 6.07 Å². The number of hydrogen-bond acceptors (Lipinski definition) is 4. The minimum Gasteiger partial charge on any atom is -0.380 e. The summed E-state index contributed by atoms with van der Waals surface area (Å²) < 4.78 is 0. The molecular weight excluding hydrogens is 266 g/mol. The molecule has 0 bridgehead atoms. The fourth-order valence-corrected chi connectivity index (χ4v) is 2.90. The number of nitro groups is 1. The maximum Gasteiger partial charge on any atom is 0.292 e. The lowest BCUT2D eigenvalue weighted by molar-refractivity contribution is -0.384. The number of likely N-dealkylation sites (tertiary alicyclic amines) is 1. The molecule has 0 unspecified atom stereocenters. The SMILES string of the molecule is CCNc1cc(CN2CCCCCCC2)ccc1[N+](=O)[O-]. The van der Waals surface area contributed by atoms with Crippen LogP contribution in [0, 0.1) is 10.1 Å². The number of nitrogens with zero attached hydrogens (tertiary/aromatic N) is 2. The van der Waals surface area contributed by atoms with E-state index in [0.717, 1.165) is 25.2 Å². The molecule has 5 nitrogen and oxygen atoms in total. The first-order valence-corrected chi connectivity index (χ1v) is 7.94. The van der Waals surface area contributed by atoms with Crippen LogP contribution in [0.4, 0.5) is 11.4 Å². The van der Waals surface area contributed by atoms with Crippen LogP contribution < -0.4 is 5.32 Å². The molecule has 1 heterocycles. The summed E-state index contributed by atoms with van der Waals surface area (Å²) in [5, 5.41) is 14.1. The molecule has 1 aromatic carbocycles. The average molecular weight is 291 g/mol. The molecule has 1 aliphatic rings. The van der Waals surface area contributed by atoms with Gasteiger partial charge in [0, 0.05) is 19.2 Å². The van der Waals surface area contributed by atoms with Crippen LogP contribution >= 0.6 is 0 Å². The van der Waals surface area contributed by atoms with Gasteiger partial charge in [0.25, 0.3) is 5.69 Å². The summed E-state index contributed by atoms with van der Waals surface area (Å²) in [6.07, 6.45) is 6.51. The maximum atomic E-state index is 11.0. The highest BCUT2D eigenvalue weighted by Crippen LogP contribution is 2.26. The predicted octanol–water partition coefficient (Wildman–Crippen LogP) is 3.79. The molecule has 0 amide bonds. The Balaban J connectivity index is 2.08. The standard InChI is InChI=1S/C16H25N3O2/c1-2-17-15-12-14(8-9-16(15)19(20)21)13-18-10-6-4-3-5-7-11-18/h8-9,12,17H,2-7,10-11,13H2,1H3. The summed E-state index contributed by atoms with van der Waals surface area (Å²) in [5.41, 5.74) is 1.94. The Kier molecular flexibility index (Phi) is 5.99. The van der Waals surface area contributed by atoms with Gasteiger partial charge in [-0.1, -0.05) is 25.3 Å². The number of nitrogens with one attached hydrogen (secondary N) is 1. The van der Waals surface area contributed by atoms with Gasteiger partial charge < -0.3 is 5.32 Å². The van der Waals surface area contributed by atoms with Gasteiger partial charge >= 0.3 is 0 Å². The summed E-state index contributed by atoms with van der Waals surface area (Å²) in [6.45, 7) is 5.79. The molecule has 0 atom stereocenters. The lowest BCUT2D eigenvalue weighted by Gasteiger charge is -2.24. The first-order chi connectivity index (χ1) is 10.2. The molecule has 0 aromatic heterocycles. The van der Waals surface area contributed by atoms with E-state index in [1.165, 1.54) is 32.1 Å². The molecule has 0 aliphatic carbocycles. The molecule has 1 fully saturated rings. The van der Waals surface area contributed by atoms with Crippen LogP contribution in [0.25, 0.3) is 0 Å². The number of nitro benzene ring substituents is 1. The van der Waals surface area contributed by atoms with Crippen molar-refractivity contribution in [3.63, 3.8) is 0 Å². The second-order valence-electron chi connectivity index (χ2n) is 5.68. The van der Waals surface area contributed by atoms with Gasteiger partial charge in [0.15, 0.2) is 0 Å². The van der Waals surface area contributed by atoms with Crippen molar-refractivity contribution in [3.05, 3.63) is 33.9 Å². The molecule has 0 spiro atoms. The third kappa shape index (κ3) is 4.70. The van der Waals surface area contributed by atoms with E-state index in [-0.39, 0.29) is 10.6 Å². The highest BCUT2D eigenvalue weighted by atomic mass is 16.6. The van der Waals surface area contributed by atoms with E-state index in [2.05, 4.69) is 10.2 Å². The summed E-state index contributed by atoms with van der Waals surface area (Å²) in [7, 11) is 0. The topological polar surface area (TPSA) is 58.4 Å². The molecule has 0 radical (unpaired) electrons. The summed E-state index contributed by atoms with van der Waals surface area (Å²) >= 11 is 0. The molecule has 0 saturated carbocycles. The van der Waals surface area contributed by atoms with Crippen LogP contribution in [-0.2, 0) is 6.54 Å². The van der Waals surface area contributed by atoms with Crippen molar-refractivity contribution in [1.29, 1.82) is 0 Å². The number of hydrogen-bond donors (Lipinski definition) is 1. The van der Waals surface area contributed by atoms with Gasteiger partial charge in [-0.15, -0.1) is 0 Å². The molecule has 1 aliphatic heterocycles. The van der Waals surface area contributed by atoms with Crippen LogP contribution in [0.2, 0.25) is 0 Å². The van der Waals surface area contributed by atoms with Gasteiger partial charge in [0.1, 0.15) is 5.69 Å². The fraction of sp³-hybridized carbons (Fsp3) is 0.625. The predicted molar refractivity (Wildman–Crippen MR) is 85.6 cm³/mol. The third-order valence-electron chi connectivity index (χ3n) is 3.98. The lowest BCUT2D eigenvalue weighted by atomic mass is 10.1. The minimum atomic E-state index is -0.322. The van der Waals surface area contributed by atoms with Crippen molar-refractivity contribution in [1.82, 2.24) is 4.90 Å². The Morgan fingerprint density at radius 1 is 1.19 bits per heavy atom. The average Bonchev–Trinajstić information content (AvgIpc) is 2.42. The van der Waals surface area contributed by atoms with Crippen LogP contribution in [0.1, 0.15) is 44.6 Å². The molecule has 1 aromatic rings. The van der Waals surface area contributed by atoms with Gasteiger partial charge in [-0.2, -0.15) is 0 Å². The zero-order valence-corrected chi connectivity index (χ0v) is 12.8. The second kappa shape index (κ2) is 7.98. The number of benzene rings is 1. The zero-order chi connectivity index (χ0) is 15.1. The first kappa shape index (κ1) is 15.8. The monoisotopic (exact) mass is 291 g/mol. The van der Waals surface area contributed by atoms with Crippen molar-refractivity contribution in [2.24, 2.45) is 0 Å². The van der Waals surface area contributed by atoms with Crippen molar-refractivity contribution in [2.75, 3.05) is 25.0 Å². The number of rotatable bonds is 5. The van der Waals surface area contributed by atoms with Gasteiger partial charge in [0.2, 0.25) is 0 Å². The van der Waals surface area contributed by atoms with E-state index in [4.69, 9.17) is 0 Å². The molecule has 5 heteroatoms. The first-order valence-electron chi connectivity index (χ1n) is 7.94. The summed E-state index contributed by atoms with van der Waals surface area (Å²) in [4.78, 5) is 13.2. The van der Waals surface area contributed by atoms with Gasteiger partial charge in [-0.3, -0.25) is 15.0 Å². The van der Waals surface area contributed by atoms with E-state index in [0.29, 0.717) is 12.2 Å². The van der Waals surface area contributed by atoms with E-state index < -0.39 is 0 Å². The number of anilines is 1. The summed E-state index contributed by atoms with van der Waals surface area (Å²) in [6, 6.07) is 5.44. The van der Waals surface area contributed by atoms with E-state index >= 15 is 0 Å². The van der Waals surface area contributed by atoms with Crippen molar-refractivity contribution < 1.29 is 4.92 Å². The molecule has 2 rings (SSSR count). The van der Waals surface area contributed by atoms with Crippen molar-refractivity contribution in [2.45, 2.75) is 45.6 Å². The van der Waals surface area contributed by atoms with Crippen LogP contribution in [0.5, 0.6) is 0 Å². The Labute approximate surface area is 126 Å². The lowest BCUT2D eigenvalue weighted by Crippen LogP contribution is -2.26. The molecule has 1 saturated heterocycles. The Morgan fingerprint density at radius 3 is 2.48 bits per heavy atom. The fourth-order valence-electron chi connectivity index (χ4n) is 2.90. The second-order valence-corrected chi connectivity index (χ2v) is 5.68. The smallest absolute Gasteiger partial charge is 0.292 e. The summed E-state index contributed by atoms with van der Waals surface area (Å²) in [5.74, 6) is 0. The van der Waals surface area contributed by atoms with Crippen molar-refractivity contribution in [3.8, 4) is 0 Å². The van der Waals surface area contributed by atoms with Crippen LogP contribution in [0.3, 0.4) is 0 Å². The minimum absolute atomic E-state index is 0.160. The Morgan fingerprint density at radius 2 is 1.86 bits per heavy atom. The molecular formula is C16H25N3O2. The highest BCUT2D eigenvalue weighted by molar-refractivity contribution is 5.62. The van der Waals surface area contributed by atoms with Crippen molar-refractivity contribution >= 4 is 11.4 Å². The Hall–Kier alpha value is -1.62. The van der Waals surface area contributed by atoms with E-state index in [9.17, 15) is 10.1 Å². The van der Waals surface area contributed by atoms with Gasteiger partial charge in [0.05, 0.1) is 4.92 Å². The van der Waals surface area contributed by atoms with Gasteiger partial charge in [-0.25, -0.2) is 0 Å². The molecule has 1 N–H and O–H groups in total. The molecule has 21 heavy (non-hydrogen) atoms. The highest BCUT2D eigenvalue weighted by Gasteiger charge is 2.15. The molecule has 116 valence electrons. The van der Waals surface area contributed by atoms with E-state index in [1.807, 2.05) is 19.1 Å². The third-order valence-corrected chi connectivity index (χ3v) is 3.98. The van der Waals surface area contributed by atoms with Crippen LogP contribution in [0.15, 0.2) is 18.2 Å². The maximum absolute atomic E-state index is 11.0. The normalized spacial score (nSPS) is 17.0. The Bertz CT molecular complexity index is 469. The largest absolute Gasteiger partial charge is 0.380 e.